The minimum atomic E-state index is -0.396. The van der Waals surface area contributed by atoms with Crippen LogP contribution in [0.15, 0.2) is 18.2 Å². The zero-order valence-electron chi connectivity index (χ0n) is 11.3. The van der Waals surface area contributed by atoms with E-state index in [-0.39, 0.29) is 11.8 Å². The van der Waals surface area contributed by atoms with Gasteiger partial charge in [0.25, 0.3) is 5.91 Å². The molecule has 1 aliphatic rings. The molecule has 0 saturated carbocycles. The third-order valence-corrected chi connectivity index (χ3v) is 3.90. The number of aryl methyl sites for hydroxylation is 2. The first-order valence-electron chi connectivity index (χ1n) is 6.54. The quantitative estimate of drug-likeness (QED) is 0.826. The van der Waals surface area contributed by atoms with Crippen LogP contribution in [-0.4, -0.2) is 35.1 Å². The average molecular weight is 247 g/mol. The number of aliphatic hydroxyl groups excluding tert-OH is 1. The van der Waals surface area contributed by atoms with Gasteiger partial charge < -0.3 is 10.0 Å². The highest BCUT2D eigenvalue weighted by Gasteiger charge is 2.28. The first-order chi connectivity index (χ1) is 8.50. The van der Waals surface area contributed by atoms with Crippen molar-refractivity contribution in [2.24, 2.45) is 5.92 Å². The summed E-state index contributed by atoms with van der Waals surface area (Å²) in [4.78, 5) is 14.3. The van der Waals surface area contributed by atoms with E-state index in [1.165, 1.54) is 0 Å². The first-order valence-corrected chi connectivity index (χ1v) is 6.54. The van der Waals surface area contributed by atoms with Crippen LogP contribution in [-0.2, 0) is 0 Å². The third kappa shape index (κ3) is 2.41. The molecule has 1 amide bonds. The van der Waals surface area contributed by atoms with Crippen molar-refractivity contribution in [1.82, 2.24) is 4.90 Å². The SMILES string of the molecule is Cc1cccc(C)c1C(=O)N1CCC(C)C(O)C1. The highest BCUT2D eigenvalue weighted by Crippen LogP contribution is 2.21. The van der Waals surface area contributed by atoms with Crippen LogP contribution in [0.4, 0.5) is 0 Å². The maximum atomic E-state index is 12.5. The molecular formula is C15H21NO2. The monoisotopic (exact) mass is 247 g/mol. The molecule has 0 aliphatic carbocycles. The predicted octanol–water partition coefficient (Wildman–Crippen LogP) is 2.15. The van der Waals surface area contributed by atoms with Gasteiger partial charge in [0.2, 0.25) is 0 Å². The molecule has 1 aromatic carbocycles. The molecule has 3 nitrogen and oxygen atoms in total. The predicted molar refractivity (Wildman–Crippen MR) is 71.6 cm³/mol. The summed E-state index contributed by atoms with van der Waals surface area (Å²) in [5, 5.41) is 9.89. The molecule has 0 aromatic heterocycles. The first kappa shape index (κ1) is 13.1. The van der Waals surface area contributed by atoms with E-state index in [9.17, 15) is 9.90 Å². The smallest absolute Gasteiger partial charge is 0.254 e. The van der Waals surface area contributed by atoms with Gasteiger partial charge in [-0.25, -0.2) is 0 Å². The van der Waals surface area contributed by atoms with Crippen LogP contribution in [0.2, 0.25) is 0 Å². The average Bonchev–Trinajstić information content (AvgIpc) is 2.32. The van der Waals surface area contributed by atoms with Gasteiger partial charge in [0.15, 0.2) is 0 Å². The van der Waals surface area contributed by atoms with E-state index in [4.69, 9.17) is 0 Å². The number of piperidine rings is 1. The van der Waals surface area contributed by atoms with Crippen LogP contribution < -0.4 is 0 Å². The number of hydrogen-bond acceptors (Lipinski definition) is 2. The van der Waals surface area contributed by atoms with E-state index in [2.05, 4.69) is 0 Å². The van der Waals surface area contributed by atoms with E-state index in [1.54, 1.807) is 4.90 Å². The second-order valence-electron chi connectivity index (χ2n) is 5.35. The highest BCUT2D eigenvalue weighted by molar-refractivity contribution is 5.97. The molecule has 0 radical (unpaired) electrons. The van der Waals surface area contributed by atoms with E-state index in [0.29, 0.717) is 6.54 Å². The van der Waals surface area contributed by atoms with E-state index >= 15 is 0 Å². The number of amides is 1. The Morgan fingerprint density at radius 3 is 2.50 bits per heavy atom. The van der Waals surface area contributed by atoms with Gasteiger partial charge in [-0.05, 0) is 37.3 Å². The van der Waals surface area contributed by atoms with Gasteiger partial charge in [-0.15, -0.1) is 0 Å². The van der Waals surface area contributed by atoms with Gasteiger partial charge in [-0.3, -0.25) is 4.79 Å². The number of β-amino-alcohol motifs (C(OH)–C–C–N with tert-alkyl or cyclic N) is 1. The number of rotatable bonds is 1. The van der Waals surface area contributed by atoms with Crippen molar-refractivity contribution in [2.45, 2.75) is 33.3 Å². The van der Waals surface area contributed by atoms with Gasteiger partial charge in [0.05, 0.1) is 6.10 Å². The van der Waals surface area contributed by atoms with Crippen molar-refractivity contribution in [2.75, 3.05) is 13.1 Å². The normalized spacial score (nSPS) is 24.1. The topological polar surface area (TPSA) is 40.5 Å². The number of aliphatic hydroxyl groups is 1. The summed E-state index contributed by atoms with van der Waals surface area (Å²) in [6.07, 6.45) is 0.477. The molecule has 1 heterocycles. The molecule has 1 fully saturated rings. The standard InChI is InChI=1S/C15H21NO2/c1-10-7-8-16(9-13(10)17)15(18)14-11(2)5-4-6-12(14)3/h4-6,10,13,17H,7-9H2,1-3H3. The van der Waals surface area contributed by atoms with Gasteiger partial charge in [0.1, 0.15) is 0 Å². The Morgan fingerprint density at radius 2 is 1.94 bits per heavy atom. The van der Waals surface area contributed by atoms with Crippen molar-refractivity contribution < 1.29 is 9.90 Å². The summed E-state index contributed by atoms with van der Waals surface area (Å²) in [5.41, 5.74) is 2.81. The third-order valence-electron chi connectivity index (χ3n) is 3.90. The van der Waals surface area contributed by atoms with Crippen LogP contribution >= 0.6 is 0 Å². The molecule has 0 bridgehead atoms. The van der Waals surface area contributed by atoms with Gasteiger partial charge >= 0.3 is 0 Å². The summed E-state index contributed by atoms with van der Waals surface area (Å²) >= 11 is 0. The van der Waals surface area contributed by atoms with Crippen molar-refractivity contribution in [1.29, 1.82) is 0 Å². The van der Waals surface area contributed by atoms with Crippen molar-refractivity contribution >= 4 is 5.91 Å². The van der Waals surface area contributed by atoms with Crippen molar-refractivity contribution in [3.63, 3.8) is 0 Å². The number of benzene rings is 1. The van der Waals surface area contributed by atoms with Gasteiger partial charge in [0, 0.05) is 18.7 Å². The molecule has 2 atom stereocenters. The highest BCUT2D eigenvalue weighted by atomic mass is 16.3. The molecule has 3 heteroatoms. The fourth-order valence-corrected chi connectivity index (χ4v) is 2.54. The molecule has 1 aliphatic heterocycles. The Balaban J connectivity index is 2.22. The van der Waals surface area contributed by atoms with Crippen LogP contribution in [0.5, 0.6) is 0 Å². The molecule has 2 unspecified atom stereocenters. The Hall–Kier alpha value is -1.35. The lowest BCUT2D eigenvalue weighted by molar-refractivity contribution is 0.0248. The molecule has 18 heavy (non-hydrogen) atoms. The van der Waals surface area contributed by atoms with Crippen LogP contribution in [0, 0.1) is 19.8 Å². The Labute approximate surface area is 108 Å². The number of hydrogen-bond donors (Lipinski definition) is 1. The van der Waals surface area contributed by atoms with Crippen LogP contribution in [0.25, 0.3) is 0 Å². The number of carbonyl (C=O) groups is 1. The number of likely N-dealkylation sites (tertiary alicyclic amines) is 1. The second-order valence-corrected chi connectivity index (χ2v) is 5.35. The Kier molecular flexibility index (Phi) is 3.71. The number of carbonyl (C=O) groups excluding carboxylic acids is 1. The second kappa shape index (κ2) is 5.11. The van der Waals surface area contributed by atoms with Gasteiger partial charge in [-0.1, -0.05) is 25.1 Å². The zero-order chi connectivity index (χ0) is 13.3. The Bertz CT molecular complexity index is 436. The lowest BCUT2D eigenvalue weighted by Crippen LogP contribution is -2.46. The summed E-state index contributed by atoms with van der Waals surface area (Å²) in [6, 6.07) is 5.89. The van der Waals surface area contributed by atoms with Crippen molar-refractivity contribution in [3.05, 3.63) is 34.9 Å². The summed E-state index contributed by atoms with van der Waals surface area (Å²) in [5.74, 6) is 0.337. The molecule has 1 aromatic rings. The Morgan fingerprint density at radius 1 is 1.33 bits per heavy atom. The molecule has 98 valence electrons. The maximum absolute atomic E-state index is 12.5. The maximum Gasteiger partial charge on any atom is 0.254 e. The lowest BCUT2D eigenvalue weighted by atomic mass is 9.94. The minimum Gasteiger partial charge on any atom is -0.391 e. The molecule has 1 N–H and O–H groups in total. The van der Waals surface area contributed by atoms with E-state index in [1.807, 2.05) is 39.0 Å². The molecule has 1 saturated heterocycles. The minimum absolute atomic E-state index is 0.0524. The number of nitrogens with zero attached hydrogens (tertiary/aromatic N) is 1. The molecular weight excluding hydrogens is 226 g/mol. The fourth-order valence-electron chi connectivity index (χ4n) is 2.54. The largest absolute Gasteiger partial charge is 0.391 e. The van der Waals surface area contributed by atoms with Gasteiger partial charge in [-0.2, -0.15) is 0 Å². The van der Waals surface area contributed by atoms with Crippen molar-refractivity contribution in [3.8, 4) is 0 Å². The zero-order valence-corrected chi connectivity index (χ0v) is 11.3. The summed E-state index contributed by atoms with van der Waals surface area (Å²) in [6.45, 7) is 7.15. The molecule has 2 rings (SSSR count). The van der Waals surface area contributed by atoms with E-state index in [0.717, 1.165) is 29.7 Å². The van der Waals surface area contributed by atoms with Crippen LogP contribution in [0.3, 0.4) is 0 Å². The summed E-state index contributed by atoms with van der Waals surface area (Å²) < 4.78 is 0. The lowest BCUT2D eigenvalue weighted by Gasteiger charge is -2.34. The fraction of sp³-hybridized carbons (Fsp3) is 0.533. The molecule has 0 spiro atoms. The van der Waals surface area contributed by atoms with E-state index < -0.39 is 6.10 Å². The van der Waals surface area contributed by atoms with Crippen LogP contribution in [0.1, 0.15) is 34.8 Å². The summed E-state index contributed by atoms with van der Waals surface area (Å²) in [7, 11) is 0.